The van der Waals surface area contributed by atoms with E-state index in [1.165, 1.54) is 20.2 Å². The van der Waals surface area contributed by atoms with Gasteiger partial charge in [0.2, 0.25) is 10.0 Å². The molecule has 2 aromatic rings. The molecule has 0 spiro atoms. The number of anilines is 1. The van der Waals surface area contributed by atoms with Crippen molar-refractivity contribution in [2.75, 3.05) is 19.4 Å². The van der Waals surface area contributed by atoms with Gasteiger partial charge in [0.1, 0.15) is 5.82 Å². The van der Waals surface area contributed by atoms with Gasteiger partial charge in [-0.15, -0.1) is 0 Å². The minimum atomic E-state index is -3.69. The lowest BCUT2D eigenvalue weighted by molar-refractivity contribution is 0.102. The van der Waals surface area contributed by atoms with Crippen molar-refractivity contribution in [1.82, 2.24) is 14.1 Å². The summed E-state index contributed by atoms with van der Waals surface area (Å²) in [6, 6.07) is 6.38. The molecular weight excluding hydrogens is 456 g/mol. The maximum absolute atomic E-state index is 12.9. The van der Waals surface area contributed by atoms with Gasteiger partial charge in [0.15, 0.2) is 0 Å². The van der Waals surface area contributed by atoms with E-state index in [1.807, 2.05) is 26.8 Å². The first-order valence-electron chi connectivity index (χ1n) is 9.19. The highest BCUT2D eigenvalue weighted by Gasteiger charge is 2.27. The van der Waals surface area contributed by atoms with Crippen LogP contribution in [0.3, 0.4) is 0 Å². The van der Waals surface area contributed by atoms with Crippen molar-refractivity contribution in [3.63, 3.8) is 0 Å². The van der Waals surface area contributed by atoms with Crippen LogP contribution in [-0.2, 0) is 21.0 Å². The fourth-order valence-corrected chi connectivity index (χ4v) is 4.42. The summed E-state index contributed by atoms with van der Waals surface area (Å²) in [7, 11) is -0.797. The summed E-state index contributed by atoms with van der Waals surface area (Å²) in [5.41, 5.74) is 0.577. The molecular formula is C20H29BrN4O3S. The van der Waals surface area contributed by atoms with E-state index in [-0.39, 0.29) is 21.4 Å². The summed E-state index contributed by atoms with van der Waals surface area (Å²) in [4.78, 5) is 13.0. The van der Waals surface area contributed by atoms with Crippen molar-refractivity contribution in [3.05, 3.63) is 40.0 Å². The Morgan fingerprint density at radius 3 is 2.17 bits per heavy atom. The van der Waals surface area contributed by atoms with Gasteiger partial charge in [-0.05, 0) is 54.9 Å². The summed E-state index contributed by atoms with van der Waals surface area (Å²) < 4.78 is 28.4. The van der Waals surface area contributed by atoms with Gasteiger partial charge in [0, 0.05) is 35.6 Å². The van der Waals surface area contributed by atoms with Gasteiger partial charge in [-0.25, -0.2) is 17.4 Å². The van der Waals surface area contributed by atoms with Crippen LogP contribution in [0.4, 0.5) is 5.82 Å². The van der Waals surface area contributed by atoms with Crippen molar-refractivity contribution in [2.45, 2.75) is 57.4 Å². The standard InChI is InChI=1S/C20H29BrN4O3S/c1-19(2,3)16-12-17(25(23-16)20(4,5)6)22-18(26)13-9-10-14(21)15(11-13)29(27,28)24(7)8/h9-12H,1-8H3,(H,22,26). The van der Waals surface area contributed by atoms with E-state index in [9.17, 15) is 13.2 Å². The minimum absolute atomic E-state index is 0.0369. The lowest BCUT2D eigenvalue weighted by atomic mass is 9.92. The van der Waals surface area contributed by atoms with Crippen molar-refractivity contribution < 1.29 is 13.2 Å². The quantitative estimate of drug-likeness (QED) is 0.704. The molecule has 0 radical (unpaired) electrons. The Labute approximate surface area is 181 Å². The van der Waals surface area contributed by atoms with Gasteiger partial charge in [-0.1, -0.05) is 20.8 Å². The van der Waals surface area contributed by atoms with E-state index in [0.717, 1.165) is 10.00 Å². The molecule has 1 amide bonds. The second kappa shape index (κ2) is 7.85. The average Bonchev–Trinajstić information content (AvgIpc) is 2.99. The molecule has 0 saturated carbocycles. The number of nitrogens with one attached hydrogen (secondary N) is 1. The molecule has 2 rings (SSSR count). The lowest BCUT2D eigenvalue weighted by Crippen LogP contribution is -2.27. The summed E-state index contributed by atoms with van der Waals surface area (Å²) in [6.45, 7) is 12.2. The van der Waals surface area contributed by atoms with Gasteiger partial charge in [0.05, 0.1) is 16.1 Å². The van der Waals surface area contributed by atoms with Crippen LogP contribution in [0.2, 0.25) is 0 Å². The normalized spacial score (nSPS) is 13.0. The van der Waals surface area contributed by atoms with E-state index in [0.29, 0.717) is 10.3 Å². The van der Waals surface area contributed by atoms with E-state index >= 15 is 0 Å². The Morgan fingerprint density at radius 1 is 1.10 bits per heavy atom. The first-order valence-corrected chi connectivity index (χ1v) is 11.4. The third kappa shape index (κ3) is 5.07. The molecule has 0 unspecified atom stereocenters. The number of hydrogen-bond acceptors (Lipinski definition) is 4. The van der Waals surface area contributed by atoms with Gasteiger partial charge in [-0.3, -0.25) is 4.79 Å². The number of hydrogen-bond donors (Lipinski definition) is 1. The highest BCUT2D eigenvalue weighted by atomic mass is 79.9. The van der Waals surface area contributed by atoms with E-state index < -0.39 is 15.9 Å². The van der Waals surface area contributed by atoms with E-state index in [4.69, 9.17) is 0 Å². The SMILES string of the molecule is CN(C)S(=O)(=O)c1cc(C(=O)Nc2cc(C(C)(C)C)nn2C(C)(C)C)ccc1Br. The van der Waals surface area contributed by atoms with E-state index in [2.05, 4.69) is 47.1 Å². The summed E-state index contributed by atoms with van der Waals surface area (Å²) >= 11 is 3.26. The Balaban J connectivity index is 2.47. The van der Waals surface area contributed by atoms with Gasteiger partial charge >= 0.3 is 0 Å². The van der Waals surface area contributed by atoms with Gasteiger partial charge in [-0.2, -0.15) is 5.10 Å². The zero-order valence-corrected chi connectivity index (χ0v) is 20.6. The number of carbonyl (C=O) groups is 1. The lowest BCUT2D eigenvalue weighted by Gasteiger charge is -2.23. The molecule has 1 N–H and O–H groups in total. The number of nitrogens with zero attached hydrogens (tertiary/aromatic N) is 3. The first-order chi connectivity index (χ1) is 13.0. The maximum atomic E-state index is 12.9. The molecule has 0 saturated heterocycles. The molecule has 0 bridgehead atoms. The van der Waals surface area contributed by atoms with Crippen LogP contribution in [0.5, 0.6) is 0 Å². The minimum Gasteiger partial charge on any atom is -0.307 e. The summed E-state index contributed by atoms with van der Waals surface area (Å²) in [5, 5.41) is 7.58. The van der Waals surface area contributed by atoms with Crippen molar-refractivity contribution in [1.29, 1.82) is 0 Å². The van der Waals surface area contributed by atoms with Crippen molar-refractivity contribution in [2.24, 2.45) is 0 Å². The van der Waals surface area contributed by atoms with Crippen LogP contribution >= 0.6 is 15.9 Å². The van der Waals surface area contributed by atoms with Crippen LogP contribution in [-0.4, -0.2) is 42.5 Å². The molecule has 1 aromatic carbocycles. The van der Waals surface area contributed by atoms with Crippen LogP contribution in [0, 0.1) is 0 Å². The number of rotatable bonds is 4. The van der Waals surface area contributed by atoms with Crippen LogP contribution in [0.1, 0.15) is 57.6 Å². The maximum Gasteiger partial charge on any atom is 0.256 e. The summed E-state index contributed by atoms with van der Waals surface area (Å²) in [5.74, 6) is 0.158. The zero-order valence-electron chi connectivity index (χ0n) is 18.2. The molecule has 0 aliphatic carbocycles. The highest BCUT2D eigenvalue weighted by molar-refractivity contribution is 9.10. The van der Waals surface area contributed by atoms with Crippen molar-refractivity contribution >= 4 is 37.7 Å². The largest absolute Gasteiger partial charge is 0.307 e. The molecule has 1 aromatic heterocycles. The Morgan fingerprint density at radius 2 is 1.69 bits per heavy atom. The number of benzene rings is 1. The topological polar surface area (TPSA) is 84.3 Å². The molecule has 0 aliphatic heterocycles. The second-order valence-corrected chi connectivity index (χ2v) is 12.1. The number of halogens is 1. The predicted octanol–water partition coefficient (Wildman–Crippen LogP) is 4.20. The van der Waals surface area contributed by atoms with Crippen LogP contribution < -0.4 is 5.32 Å². The van der Waals surface area contributed by atoms with Crippen LogP contribution in [0.15, 0.2) is 33.6 Å². The predicted molar refractivity (Wildman–Crippen MR) is 119 cm³/mol. The Bertz CT molecular complexity index is 1030. The first kappa shape index (κ1) is 23.6. The second-order valence-electron chi connectivity index (χ2n) is 9.13. The molecule has 0 aliphatic rings. The van der Waals surface area contributed by atoms with Crippen LogP contribution in [0.25, 0.3) is 0 Å². The molecule has 7 nitrogen and oxygen atoms in total. The Kier molecular flexibility index (Phi) is 6.38. The third-order valence-electron chi connectivity index (χ3n) is 4.31. The Hall–Kier alpha value is -1.71. The fourth-order valence-electron chi connectivity index (χ4n) is 2.58. The zero-order chi connectivity index (χ0) is 22.4. The van der Waals surface area contributed by atoms with Crippen molar-refractivity contribution in [3.8, 4) is 0 Å². The number of carbonyl (C=O) groups excluding carboxylic acids is 1. The molecule has 1 heterocycles. The monoisotopic (exact) mass is 484 g/mol. The molecule has 160 valence electrons. The summed E-state index contributed by atoms with van der Waals surface area (Å²) in [6.07, 6.45) is 0. The van der Waals surface area contributed by atoms with Gasteiger partial charge < -0.3 is 5.32 Å². The molecule has 0 fully saturated rings. The smallest absolute Gasteiger partial charge is 0.256 e. The molecule has 0 atom stereocenters. The molecule has 29 heavy (non-hydrogen) atoms. The highest BCUT2D eigenvalue weighted by Crippen LogP contribution is 2.29. The van der Waals surface area contributed by atoms with Gasteiger partial charge in [0.25, 0.3) is 5.91 Å². The average molecular weight is 485 g/mol. The number of sulfonamides is 1. The fraction of sp³-hybridized carbons (Fsp3) is 0.500. The number of aromatic nitrogens is 2. The third-order valence-corrected chi connectivity index (χ3v) is 7.12. The molecule has 9 heteroatoms. The van der Waals surface area contributed by atoms with E-state index in [1.54, 1.807) is 16.8 Å². The number of amides is 1.